The summed E-state index contributed by atoms with van der Waals surface area (Å²) >= 11 is 12.4. The Hall–Kier alpha value is -2.69. The normalized spacial score (nSPS) is 14.1. The van der Waals surface area contributed by atoms with Crippen LogP contribution in [-0.2, 0) is 26.2 Å². The highest BCUT2D eigenvalue weighted by Gasteiger charge is 2.33. The maximum Gasteiger partial charge on any atom is 0.244 e. The Balaban J connectivity index is 1.97. The van der Waals surface area contributed by atoms with Crippen molar-refractivity contribution in [1.29, 1.82) is 0 Å². The molecule has 12 heteroatoms. The topological polar surface area (TPSA) is 105 Å². The van der Waals surface area contributed by atoms with Gasteiger partial charge in [-0.05, 0) is 49.6 Å². The minimum Gasteiger partial charge on any atom is -0.454 e. The summed E-state index contributed by atoms with van der Waals surface area (Å²) in [6.07, 6.45) is 2.03. The second kappa shape index (κ2) is 12.2. The van der Waals surface area contributed by atoms with E-state index in [0.29, 0.717) is 39.9 Å². The van der Waals surface area contributed by atoms with Gasteiger partial charge in [-0.3, -0.25) is 13.9 Å². The number of hydrogen-bond acceptors (Lipinski definition) is 6. The average Bonchev–Trinajstić information content (AvgIpc) is 3.30. The number of nitrogens with one attached hydrogen (secondary N) is 1. The fraction of sp³-hybridized carbons (Fsp3) is 0.440. The van der Waals surface area contributed by atoms with Gasteiger partial charge in [-0.2, -0.15) is 0 Å². The first kappa shape index (κ1) is 28.9. The molecular formula is C25H31Cl2N3O6S. The van der Waals surface area contributed by atoms with Crippen molar-refractivity contribution in [2.45, 2.75) is 52.2 Å². The molecule has 1 N–H and O–H groups in total. The molecule has 0 unspecified atom stereocenters. The molecule has 3 rings (SSSR count). The Labute approximate surface area is 227 Å². The zero-order chi connectivity index (χ0) is 27.3. The van der Waals surface area contributed by atoms with Crippen molar-refractivity contribution < 1.29 is 27.5 Å². The van der Waals surface area contributed by atoms with Crippen LogP contribution in [0.3, 0.4) is 0 Å². The molecule has 1 aliphatic rings. The molecule has 0 saturated carbocycles. The minimum absolute atomic E-state index is 0.0139. The fourth-order valence-corrected chi connectivity index (χ4v) is 5.16. The third kappa shape index (κ3) is 7.21. The predicted molar refractivity (Wildman–Crippen MR) is 144 cm³/mol. The number of nitrogens with zero attached hydrogens (tertiary/aromatic N) is 2. The van der Waals surface area contributed by atoms with E-state index in [2.05, 4.69) is 5.32 Å². The van der Waals surface area contributed by atoms with E-state index >= 15 is 0 Å². The fourth-order valence-electron chi connectivity index (χ4n) is 3.85. The standard InChI is InChI=1S/C25H31Cl2N3O6S/c1-5-16(3)28-25(32)21(6-2)29(13-17-7-8-18(26)11-20(17)27)24(31)14-30(37(4,33)34)19-9-10-22-23(12-19)36-15-35-22/h7-12,16,21H,5-6,13-15H2,1-4H3,(H,28,32)/t16-,21+/m1/s1. The summed E-state index contributed by atoms with van der Waals surface area (Å²) in [5.41, 5.74) is 0.810. The first-order valence-corrected chi connectivity index (χ1v) is 14.5. The van der Waals surface area contributed by atoms with E-state index in [1.165, 1.54) is 17.0 Å². The van der Waals surface area contributed by atoms with Crippen molar-refractivity contribution in [3.05, 3.63) is 52.0 Å². The molecule has 2 aromatic rings. The van der Waals surface area contributed by atoms with Crippen LogP contribution in [0.4, 0.5) is 5.69 Å². The van der Waals surface area contributed by atoms with E-state index in [1.807, 2.05) is 13.8 Å². The SMILES string of the molecule is CC[C@@H](C)NC(=O)[C@H](CC)N(Cc1ccc(Cl)cc1Cl)C(=O)CN(c1ccc2c(c1)OCO2)S(C)(=O)=O. The number of ether oxygens (including phenoxy) is 2. The quantitative estimate of drug-likeness (QED) is 0.433. The Morgan fingerprint density at radius 3 is 2.38 bits per heavy atom. The van der Waals surface area contributed by atoms with Crippen molar-refractivity contribution >= 4 is 50.7 Å². The van der Waals surface area contributed by atoms with Crippen LogP contribution in [0, 0.1) is 0 Å². The van der Waals surface area contributed by atoms with Gasteiger partial charge in [0.2, 0.25) is 28.6 Å². The molecule has 2 amide bonds. The van der Waals surface area contributed by atoms with E-state index in [0.717, 1.165) is 10.6 Å². The molecule has 0 saturated heterocycles. The number of halogens is 2. The van der Waals surface area contributed by atoms with Gasteiger partial charge in [0.1, 0.15) is 12.6 Å². The van der Waals surface area contributed by atoms with Gasteiger partial charge in [-0.25, -0.2) is 8.42 Å². The molecule has 1 heterocycles. The van der Waals surface area contributed by atoms with Crippen molar-refractivity contribution in [3.8, 4) is 11.5 Å². The van der Waals surface area contributed by atoms with Gasteiger partial charge in [-0.15, -0.1) is 0 Å². The zero-order valence-corrected chi connectivity index (χ0v) is 23.5. The maximum atomic E-state index is 13.8. The van der Waals surface area contributed by atoms with Crippen LogP contribution >= 0.6 is 23.2 Å². The largest absolute Gasteiger partial charge is 0.454 e. The van der Waals surface area contributed by atoms with Crippen molar-refractivity contribution in [2.24, 2.45) is 0 Å². The van der Waals surface area contributed by atoms with Gasteiger partial charge in [0, 0.05) is 28.7 Å². The Morgan fingerprint density at radius 2 is 1.76 bits per heavy atom. The highest BCUT2D eigenvalue weighted by molar-refractivity contribution is 7.92. The minimum atomic E-state index is -3.88. The summed E-state index contributed by atoms with van der Waals surface area (Å²) in [6, 6.07) is 8.54. The summed E-state index contributed by atoms with van der Waals surface area (Å²) in [5, 5.41) is 3.68. The molecule has 9 nitrogen and oxygen atoms in total. The number of carbonyl (C=O) groups excluding carboxylic acids is 2. The molecule has 0 radical (unpaired) electrons. The first-order chi connectivity index (χ1) is 17.4. The second-order valence-corrected chi connectivity index (χ2v) is 11.6. The van der Waals surface area contributed by atoms with Gasteiger partial charge in [0.05, 0.1) is 11.9 Å². The van der Waals surface area contributed by atoms with Crippen LogP contribution < -0.4 is 19.1 Å². The van der Waals surface area contributed by atoms with Gasteiger partial charge >= 0.3 is 0 Å². The lowest BCUT2D eigenvalue weighted by Crippen LogP contribution is -2.53. The Kier molecular flexibility index (Phi) is 9.55. The Morgan fingerprint density at radius 1 is 1.05 bits per heavy atom. The van der Waals surface area contributed by atoms with Crippen LogP contribution in [0.2, 0.25) is 10.0 Å². The molecule has 0 bridgehead atoms. The third-order valence-electron chi connectivity index (χ3n) is 6.07. The number of amides is 2. The molecule has 0 aliphatic carbocycles. The molecule has 2 atom stereocenters. The lowest BCUT2D eigenvalue weighted by molar-refractivity contribution is -0.140. The number of rotatable bonds is 11. The van der Waals surface area contributed by atoms with Crippen LogP contribution in [0.25, 0.3) is 0 Å². The van der Waals surface area contributed by atoms with Crippen LogP contribution in [0.1, 0.15) is 39.2 Å². The lowest BCUT2D eigenvalue weighted by atomic mass is 10.1. The maximum absolute atomic E-state index is 13.8. The summed E-state index contributed by atoms with van der Waals surface area (Å²) in [6.45, 7) is 5.08. The lowest BCUT2D eigenvalue weighted by Gasteiger charge is -2.33. The Bertz CT molecular complexity index is 1260. The predicted octanol–water partition coefficient (Wildman–Crippen LogP) is 4.21. The molecular weight excluding hydrogens is 541 g/mol. The van der Waals surface area contributed by atoms with E-state index in [-0.39, 0.29) is 31.0 Å². The number of sulfonamides is 1. The smallest absolute Gasteiger partial charge is 0.244 e. The van der Waals surface area contributed by atoms with Crippen molar-refractivity contribution in [2.75, 3.05) is 23.9 Å². The highest BCUT2D eigenvalue weighted by atomic mass is 35.5. The molecule has 0 spiro atoms. The van der Waals surface area contributed by atoms with Crippen molar-refractivity contribution in [1.82, 2.24) is 10.2 Å². The van der Waals surface area contributed by atoms with E-state index in [1.54, 1.807) is 31.2 Å². The van der Waals surface area contributed by atoms with Gasteiger partial charge in [0.25, 0.3) is 0 Å². The number of carbonyl (C=O) groups is 2. The van der Waals surface area contributed by atoms with E-state index in [9.17, 15) is 18.0 Å². The van der Waals surface area contributed by atoms with Gasteiger partial charge < -0.3 is 19.7 Å². The number of benzene rings is 2. The summed E-state index contributed by atoms with van der Waals surface area (Å²) in [5.74, 6) is -0.0393. The number of hydrogen-bond donors (Lipinski definition) is 1. The van der Waals surface area contributed by atoms with Crippen molar-refractivity contribution in [3.63, 3.8) is 0 Å². The van der Waals surface area contributed by atoms with Gasteiger partial charge in [0.15, 0.2) is 11.5 Å². The van der Waals surface area contributed by atoms with E-state index < -0.39 is 28.5 Å². The van der Waals surface area contributed by atoms with Gasteiger partial charge in [-0.1, -0.05) is 43.1 Å². The molecule has 1 aliphatic heterocycles. The van der Waals surface area contributed by atoms with Crippen LogP contribution in [0.15, 0.2) is 36.4 Å². The molecule has 37 heavy (non-hydrogen) atoms. The van der Waals surface area contributed by atoms with Crippen LogP contribution in [-0.4, -0.2) is 56.8 Å². The third-order valence-corrected chi connectivity index (χ3v) is 7.79. The zero-order valence-electron chi connectivity index (χ0n) is 21.2. The summed E-state index contributed by atoms with van der Waals surface area (Å²) in [4.78, 5) is 28.3. The van der Waals surface area contributed by atoms with E-state index in [4.69, 9.17) is 32.7 Å². The second-order valence-electron chi connectivity index (χ2n) is 8.81. The molecule has 202 valence electrons. The number of anilines is 1. The molecule has 0 fully saturated rings. The average molecular weight is 573 g/mol. The highest BCUT2D eigenvalue weighted by Crippen LogP contribution is 2.36. The first-order valence-electron chi connectivity index (χ1n) is 11.9. The monoisotopic (exact) mass is 571 g/mol. The summed E-state index contributed by atoms with van der Waals surface area (Å²) < 4.78 is 37.2. The van der Waals surface area contributed by atoms with Crippen LogP contribution in [0.5, 0.6) is 11.5 Å². The molecule has 2 aromatic carbocycles. The molecule has 0 aromatic heterocycles. The number of fused-ring (bicyclic) bond motifs is 1. The summed E-state index contributed by atoms with van der Waals surface area (Å²) in [7, 11) is -3.88.